The molecule has 0 saturated heterocycles. The van der Waals surface area contributed by atoms with E-state index in [4.69, 9.17) is 15.9 Å². The minimum atomic E-state index is -0.835. The molecule has 94 valence electrons. The third-order valence-corrected chi connectivity index (χ3v) is 2.79. The highest BCUT2D eigenvalue weighted by atomic mass is 16.4. The summed E-state index contributed by atoms with van der Waals surface area (Å²) in [5.41, 5.74) is 6.13. The Morgan fingerprint density at radius 3 is 2.35 bits per heavy atom. The Kier molecular flexibility index (Phi) is 4.12. The van der Waals surface area contributed by atoms with Crippen LogP contribution in [0, 0.1) is 5.41 Å². The summed E-state index contributed by atoms with van der Waals surface area (Å²) in [5, 5.41) is 18.1. The molecule has 0 bridgehead atoms. The zero-order chi connectivity index (χ0) is 13.1. The van der Waals surface area contributed by atoms with Gasteiger partial charge >= 0.3 is 5.97 Å². The van der Waals surface area contributed by atoms with Gasteiger partial charge in [-0.2, -0.15) is 0 Å². The second-order valence-electron chi connectivity index (χ2n) is 5.02. The molecule has 1 aromatic carbocycles. The molecule has 0 saturated carbocycles. The minimum absolute atomic E-state index is 0.203. The third kappa shape index (κ3) is 4.07. The van der Waals surface area contributed by atoms with Crippen molar-refractivity contribution < 1.29 is 15.0 Å². The number of benzene rings is 1. The standard InChI is InChI=1S/C13H19NO3/c1-13(2,12(16)17)8-10(14)7-9-3-5-11(15)6-4-9/h3-6,10,15H,7-8,14H2,1-2H3,(H,16,17)/t10-/m0/s1. The van der Waals surface area contributed by atoms with Gasteiger partial charge in [0.25, 0.3) is 0 Å². The number of phenolic OH excluding ortho intramolecular Hbond substituents is 1. The van der Waals surface area contributed by atoms with Crippen molar-refractivity contribution in [3.63, 3.8) is 0 Å². The minimum Gasteiger partial charge on any atom is -0.508 e. The van der Waals surface area contributed by atoms with Gasteiger partial charge in [-0.05, 0) is 44.4 Å². The number of aliphatic carboxylic acids is 1. The predicted octanol–water partition coefficient (Wildman–Crippen LogP) is 1.76. The highest BCUT2D eigenvalue weighted by molar-refractivity contribution is 5.73. The van der Waals surface area contributed by atoms with Crippen molar-refractivity contribution in [2.45, 2.75) is 32.7 Å². The maximum atomic E-state index is 11.0. The first-order valence-corrected chi connectivity index (χ1v) is 5.58. The summed E-state index contributed by atoms with van der Waals surface area (Å²) >= 11 is 0. The molecule has 1 atom stereocenters. The first-order valence-electron chi connectivity index (χ1n) is 5.58. The molecular formula is C13H19NO3. The number of carboxylic acid groups (broad SMARTS) is 1. The number of hydrogen-bond donors (Lipinski definition) is 3. The smallest absolute Gasteiger partial charge is 0.309 e. The molecule has 1 aromatic rings. The number of aromatic hydroxyl groups is 1. The Hall–Kier alpha value is -1.55. The van der Waals surface area contributed by atoms with Crippen LogP contribution in [0.2, 0.25) is 0 Å². The molecule has 0 aromatic heterocycles. The van der Waals surface area contributed by atoms with Crippen molar-refractivity contribution in [3.05, 3.63) is 29.8 Å². The number of phenols is 1. The molecule has 0 aliphatic rings. The average molecular weight is 237 g/mol. The Bertz CT molecular complexity index is 384. The third-order valence-electron chi connectivity index (χ3n) is 2.79. The van der Waals surface area contributed by atoms with Crippen LogP contribution >= 0.6 is 0 Å². The summed E-state index contributed by atoms with van der Waals surface area (Å²) in [5.74, 6) is -0.619. The Balaban J connectivity index is 2.58. The Morgan fingerprint density at radius 2 is 1.88 bits per heavy atom. The van der Waals surface area contributed by atoms with Gasteiger partial charge in [0.1, 0.15) is 5.75 Å². The molecule has 0 heterocycles. The maximum Gasteiger partial charge on any atom is 0.309 e. The molecular weight excluding hydrogens is 218 g/mol. The molecule has 1 rings (SSSR count). The van der Waals surface area contributed by atoms with Gasteiger partial charge in [0.15, 0.2) is 0 Å². The number of carboxylic acids is 1. The lowest BCUT2D eigenvalue weighted by atomic mass is 9.84. The zero-order valence-electron chi connectivity index (χ0n) is 10.2. The van der Waals surface area contributed by atoms with Gasteiger partial charge in [-0.3, -0.25) is 4.79 Å². The van der Waals surface area contributed by atoms with Crippen molar-refractivity contribution in [3.8, 4) is 5.75 Å². The van der Waals surface area contributed by atoms with E-state index >= 15 is 0 Å². The van der Waals surface area contributed by atoms with Gasteiger partial charge in [0.2, 0.25) is 0 Å². The lowest BCUT2D eigenvalue weighted by Gasteiger charge is -2.23. The second kappa shape index (κ2) is 5.19. The molecule has 0 fully saturated rings. The Labute approximate surface area is 101 Å². The summed E-state index contributed by atoms with van der Waals surface area (Å²) in [6.45, 7) is 3.35. The van der Waals surface area contributed by atoms with E-state index in [0.29, 0.717) is 12.8 Å². The van der Waals surface area contributed by atoms with E-state index in [-0.39, 0.29) is 11.8 Å². The molecule has 17 heavy (non-hydrogen) atoms. The van der Waals surface area contributed by atoms with Crippen LogP contribution in [0.25, 0.3) is 0 Å². The van der Waals surface area contributed by atoms with E-state index in [9.17, 15) is 4.79 Å². The first-order chi connectivity index (χ1) is 7.81. The summed E-state index contributed by atoms with van der Waals surface area (Å²) in [7, 11) is 0. The summed E-state index contributed by atoms with van der Waals surface area (Å²) in [6.07, 6.45) is 1.03. The van der Waals surface area contributed by atoms with E-state index in [0.717, 1.165) is 5.56 Å². The van der Waals surface area contributed by atoms with Crippen LogP contribution < -0.4 is 5.73 Å². The van der Waals surface area contributed by atoms with Crippen LogP contribution in [0.15, 0.2) is 24.3 Å². The largest absolute Gasteiger partial charge is 0.508 e. The SMILES string of the molecule is CC(C)(C[C@@H](N)Cc1ccc(O)cc1)C(=O)O. The maximum absolute atomic E-state index is 11.0. The van der Waals surface area contributed by atoms with Gasteiger partial charge in [-0.25, -0.2) is 0 Å². The molecule has 0 unspecified atom stereocenters. The average Bonchev–Trinajstić information content (AvgIpc) is 2.20. The van der Waals surface area contributed by atoms with Crippen molar-refractivity contribution in [2.75, 3.05) is 0 Å². The van der Waals surface area contributed by atoms with E-state index in [1.807, 2.05) is 0 Å². The fourth-order valence-electron chi connectivity index (χ4n) is 1.75. The molecule has 0 amide bonds. The molecule has 0 radical (unpaired) electrons. The van der Waals surface area contributed by atoms with Crippen LogP contribution in [0.4, 0.5) is 0 Å². The second-order valence-corrected chi connectivity index (χ2v) is 5.02. The van der Waals surface area contributed by atoms with E-state index in [2.05, 4.69) is 0 Å². The quantitative estimate of drug-likeness (QED) is 0.728. The molecule has 0 spiro atoms. The fourth-order valence-corrected chi connectivity index (χ4v) is 1.75. The van der Waals surface area contributed by atoms with Crippen molar-refractivity contribution in [2.24, 2.45) is 11.1 Å². The fraction of sp³-hybridized carbons (Fsp3) is 0.462. The van der Waals surface area contributed by atoms with Crippen molar-refractivity contribution in [1.82, 2.24) is 0 Å². The van der Waals surface area contributed by atoms with Crippen LogP contribution in [-0.2, 0) is 11.2 Å². The molecule has 4 N–H and O–H groups in total. The van der Waals surface area contributed by atoms with Crippen LogP contribution in [0.3, 0.4) is 0 Å². The monoisotopic (exact) mass is 237 g/mol. The Morgan fingerprint density at radius 1 is 1.35 bits per heavy atom. The van der Waals surface area contributed by atoms with Crippen LogP contribution in [0.5, 0.6) is 5.75 Å². The van der Waals surface area contributed by atoms with Gasteiger partial charge in [-0.15, -0.1) is 0 Å². The summed E-state index contributed by atoms with van der Waals surface area (Å²) in [4.78, 5) is 11.0. The summed E-state index contributed by atoms with van der Waals surface area (Å²) < 4.78 is 0. The van der Waals surface area contributed by atoms with Gasteiger partial charge in [0.05, 0.1) is 5.41 Å². The normalized spacial score (nSPS) is 13.4. The predicted molar refractivity (Wildman–Crippen MR) is 65.8 cm³/mol. The lowest BCUT2D eigenvalue weighted by Crippen LogP contribution is -2.34. The lowest BCUT2D eigenvalue weighted by molar-refractivity contribution is -0.147. The molecule has 4 nitrogen and oxygen atoms in total. The topological polar surface area (TPSA) is 83.5 Å². The van der Waals surface area contributed by atoms with Crippen LogP contribution in [-0.4, -0.2) is 22.2 Å². The summed E-state index contributed by atoms with van der Waals surface area (Å²) in [6, 6.07) is 6.59. The van der Waals surface area contributed by atoms with Crippen molar-refractivity contribution >= 4 is 5.97 Å². The molecule has 4 heteroatoms. The van der Waals surface area contributed by atoms with Crippen molar-refractivity contribution in [1.29, 1.82) is 0 Å². The van der Waals surface area contributed by atoms with E-state index in [1.165, 1.54) is 0 Å². The molecule has 0 aliphatic heterocycles. The molecule has 0 aliphatic carbocycles. The number of rotatable bonds is 5. The number of hydrogen-bond acceptors (Lipinski definition) is 3. The first kappa shape index (κ1) is 13.5. The number of carbonyl (C=O) groups is 1. The van der Waals surface area contributed by atoms with E-state index < -0.39 is 11.4 Å². The highest BCUT2D eigenvalue weighted by Gasteiger charge is 2.29. The number of nitrogens with two attached hydrogens (primary N) is 1. The zero-order valence-corrected chi connectivity index (χ0v) is 10.2. The van der Waals surface area contributed by atoms with Gasteiger partial charge in [0, 0.05) is 6.04 Å². The highest BCUT2D eigenvalue weighted by Crippen LogP contribution is 2.23. The van der Waals surface area contributed by atoms with Crippen LogP contribution in [0.1, 0.15) is 25.8 Å². The van der Waals surface area contributed by atoms with Gasteiger partial charge in [-0.1, -0.05) is 12.1 Å². The van der Waals surface area contributed by atoms with E-state index in [1.54, 1.807) is 38.1 Å². The van der Waals surface area contributed by atoms with Gasteiger partial charge < -0.3 is 15.9 Å².